The molecule has 0 rings (SSSR count). The van der Waals surface area contributed by atoms with Crippen LogP contribution in [0.15, 0.2) is 10.2 Å². The zero-order valence-electron chi connectivity index (χ0n) is 8.92. The van der Waals surface area contributed by atoms with Crippen LogP contribution in [0.5, 0.6) is 0 Å². The molecule has 0 aromatic rings. The average Bonchev–Trinajstić information content (AvgIpc) is 2.04. The van der Waals surface area contributed by atoms with Crippen molar-refractivity contribution in [3.63, 3.8) is 0 Å². The van der Waals surface area contributed by atoms with Gasteiger partial charge in [-0.25, -0.2) is 0 Å². The molecule has 0 saturated carbocycles. The fraction of sp³-hybridized carbons (Fsp3) is 0.800. The standard InChI is InChI=1S/C10H21IOSi/c1-4-5-6-7-10(8-9-11)12-13(2)3/h8-10,13H,4-7H2,1-3H3/b9-8+/t10-/m0/s1. The van der Waals surface area contributed by atoms with Gasteiger partial charge in [0.25, 0.3) is 0 Å². The molecule has 1 nitrogen and oxygen atoms in total. The molecule has 0 amide bonds. The molecule has 0 saturated heterocycles. The van der Waals surface area contributed by atoms with Crippen LogP contribution in [0, 0.1) is 0 Å². The molecule has 1 atom stereocenters. The molecule has 78 valence electrons. The Bertz CT molecular complexity index is 137. The Morgan fingerprint density at radius 2 is 2.08 bits per heavy atom. The third-order valence-corrected chi connectivity index (χ3v) is 3.14. The van der Waals surface area contributed by atoms with Crippen LogP contribution in [0.25, 0.3) is 0 Å². The third-order valence-electron chi connectivity index (χ3n) is 1.83. The summed E-state index contributed by atoms with van der Waals surface area (Å²) in [7, 11) is -0.866. The van der Waals surface area contributed by atoms with E-state index in [9.17, 15) is 0 Å². The zero-order valence-corrected chi connectivity index (χ0v) is 12.2. The topological polar surface area (TPSA) is 9.23 Å². The van der Waals surface area contributed by atoms with E-state index in [0.717, 1.165) is 0 Å². The fourth-order valence-electron chi connectivity index (χ4n) is 1.24. The van der Waals surface area contributed by atoms with Crippen LogP contribution in [0.1, 0.15) is 32.6 Å². The summed E-state index contributed by atoms with van der Waals surface area (Å²) >= 11 is 2.27. The lowest BCUT2D eigenvalue weighted by Gasteiger charge is -2.16. The summed E-state index contributed by atoms with van der Waals surface area (Å²) in [5.41, 5.74) is 0. The number of unbranched alkanes of at least 4 members (excludes halogenated alkanes) is 2. The first-order valence-electron chi connectivity index (χ1n) is 5.13. The second kappa shape index (κ2) is 9.21. The first-order chi connectivity index (χ1) is 6.20. The quantitative estimate of drug-likeness (QED) is 0.394. The van der Waals surface area contributed by atoms with E-state index in [1.165, 1.54) is 25.7 Å². The molecule has 0 unspecified atom stereocenters. The molecule has 0 bridgehead atoms. The van der Waals surface area contributed by atoms with Gasteiger partial charge in [-0.05, 0) is 23.6 Å². The first-order valence-corrected chi connectivity index (χ1v) is 9.15. The van der Waals surface area contributed by atoms with Crippen molar-refractivity contribution in [1.82, 2.24) is 0 Å². The van der Waals surface area contributed by atoms with Gasteiger partial charge >= 0.3 is 0 Å². The van der Waals surface area contributed by atoms with Crippen LogP contribution >= 0.6 is 22.6 Å². The monoisotopic (exact) mass is 312 g/mol. The summed E-state index contributed by atoms with van der Waals surface area (Å²) in [5, 5.41) is 0. The Balaban J connectivity index is 3.67. The first kappa shape index (κ1) is 13.6. The predicted octanol–water partition coefficient (Wildman–Crippen LogP) is 3.88. The van der Waals surface area contributed by atoms with Gasteiger partial charge in [0.1, 0.15) is 0 Å². The van der Waals surface area contributed by atoms with E-state index in [2.05, 4.69) is 52.8 Å². The van der Waals surface area contributed by atoms with Gasteiger partial charge in [-0.2, -0.15) is 0 Å². The molecule has 13 heavy (non-hydrogen) atoms. The highest BCUT2D eigenvalue weighted by Crippen LogP contribution is 2.10. The van der Waals surface area contributed by atoms with Crippen molar-refractivity contribution in [3.05, 3.63) is 10.2 Å². The number of halogens is 1. The SMILES string of the molecule is CCCCC[C@@H](/C=C/I)O[SiH](C)C. The maximum absolute atomic E-state index is 5.88. The van der Waals surface area contributed by atoms with E-state index in [0.29, 0.717) is 6.10 Å². The Hall–Kier alpha value is 0.647. The molecule has 0 aromatic heterocycles. The van der Waals surface area contributed by atoms with Gasteiger partial charge in [0.05, 0.1) is 6.10 Å². The van der Waals surface area contributed by atoms with Crippen LogP contribution in [0.4, 0.5) is 0 Å². The van der Waals surface area contributed by atoms with E-state index in [1.807, 2.05) is 0 Å². The molecule has 3 heteroatoms. The van der Waals surface area contributed by atoms with Crippen molar-refractivity contribution in [3.8, 4) is 0 Å². The lowest BCUT2D eigenvalue weighted by atomic mass is 10.1. The highest BCUT2D eigenvalue weighted by molar-refractivity contribution is 14.1. The third kappa shape index (κ3) is 8.96. The van der Waals surface area contributed by atoms with E-state index in [-0.39, 0.29) is 0 Å². The number of rotatable bonds is 7. The molecule has 0 heterocycles. The number of hydrogen-bond acceptors (Lipinski definition) is 1. The molecule has 0 aliphatic rings. The molecule has 0 fully saturated rings. The van der Waals surface area contributed by atoms with E-state index in [1.54, 1.807) is 0 Å². The van der Waals surface area contributed by atoms with E-state index < -0.39 is 9.04 Å². The molecule has 0 N–H and O–H groups in total. The Morgan fingerprint density at radius 3 is 2.54 bits per heavy atom. The average molecular weight is 312 g/mol. The minimum Gasteiger partial charge on any atom is -0.414 e. The van der Waals surface area contributed by atoms with Crippen LogP contribution in [-0.4, -0.2) is 15.1 Å². The summed E-state index contributed by atoms with van der Waals surface area (Å²) in [6.45, 7) is 6.70. The normalized spacial score (nSPS) is 14.2. The Labute approximate surface area is 97.8 Å². The van der Waals surface area contributed by atoms with Crippen LogP contribution in [-0.2, 0) is 4.43 Å². The maximum Gasteiger partial charge on any atom is 0.171 e. The summed E-state index contributed by atoms with van der Waals surface area (Å²) in [4.78, 5) is 0. The minimum absolute atomic E-state index is 0.384. The molecule has 0 radical (unpaired) electrons. The molecular weight excluding hydrogens is 291 g/mol. The lowest BCUT2D eigenvalue weighted by molar-refractivity contribution is 0.238. The highest BCUT2D eigenvalue weighted by Gasteiger charge is 2.06. The second-order valence-corrected chi connectivity index (χ2v) is 6.63. The smallest absolute Gasteiger partial charge is 0.171 e. The second-order valence-electron chi connectivity index (χ2n) is 3.54. The largest absolute Gasteiger partial charge is 0.414 e. The summed E-state index contributed by atoms with van der Waals surface area (Å²) in [5.74, 6) is 0. The van der Waals surface area contributed by atoms with Gasteiger partial charge in [-0.1, -0.05) is 54.9 Å². The molecule has 0 aliphatic carbocycles. The summed E-state index contributed by atoms with van der Waals surface area (Å²) < 4.78 is 7.96. The van der Waals surface area contributed by atoms with Crippen molar-refractivity contribution in [2.75, 3.05) is 0 Å². The van der Waals surface area contributed by atoms with Gasteiger partial charge in [0.15, 0.2) is 9.04 Å². The van der Waals surface area contributed by atoms with Gasteiger partial charge in [0.2, 0.25) is 0 Å². The van der Waals surface area contributed by atoms with Crippen LogP contribution in [0.3, 0.4) is 0 Å². The van der Waals surface area contributed by atoms with Crippen LogP contribution < -0.4 is 0 Å². The van der Waals surface area contributed by atoms with Crippen molar-refractivity contribution in [1.29, 1.82) is 0 Å². The van der Waals surface area contributed by atoms with E-state index in [4.69, 9.17) is 4.43 Å². The van der Waals surface area contributed by atoms with E-state index >= 15 is 0 Å². The van der Waals surface area contributed by atoms with Gasteiger partial charge < -0.3 is 4.43 Å². The molecule has 0 spiro atoms. The Kier molecular flexibility index (Phi) is 9.67. The van der Waals surface area contributed by atoms with Crippen molar-refractivity contribution < 1.29 is 4.43 Å². The molecular formula is C10H21IOSi. The lowest BCUT2D eigenvalue weighted by Crippen LogP contribution is -2.18. The van der Waals surface area contributed by atoms with Crippen molar-refractivity contribution in [2.24, 2.45) is 0 Å². The van der Waals surface area contributed by atoms with Crippen molar-refractivity contribution >= 4 is 31.6 Å². The highest BCUT2D eigenvalue weighted by atomic mass is 127. The zero-order chi connectivity index (χ0) is 10.1. The molecule has 0 aliphatic heterocycles. The molecule has 0 aromatic carbocycles. The van der Waals surface area contributed by atoms with Gasteiger partial charge in [-0.15, -0.1) is 0 Å². The Morgan fingerprint density at radius 1 is 1.38 bits per heavy atom. The maximum atomic E-state index is 5.88. The fourth-order valence-corrected chi connectivity index (χ4v) is 2.62. The summed E-state index contributed by atoms with van der Waals surface area (Å²) in [6.07, 6.45) is 7.68. The predicted molar refractivity (Wildman–Crippen MR) is 71.1 cm³/mol. The minimum atomic E-state index is -0.866. The van der Waals surface area contributed by atoms with Crippen molar-refractivity contribution in [2.45, 2.75) is 51.8 Å². The van der Waals surface area contributed by atoms with Crippen LogP contribution in [0.2, 0.25) is 13.1 Å². The van der Waals surface area contributed by atoms with Gasteiger partial charge in [0, 0.05) is 0 Å². The summed E-state index contributed by atoms with van der Waals surface area (Å²) in [6, 6.07) is 0. The van der Waals surface area contributed by atoms with Gasteiger partial charge in [-0.3, -0.25) is 0 Å². The number of hydrogen-bond donors (Lipinski definition) is 0.